The van der Waals surface area contributed by atoms with Crippen LogP contribution in [-0.4, -0.2) is 12.1 Å². The second-order valence-electron chi connectivity index (χ2n) is 6.04. The van der Waals surface area contributed by atoms with Gasteiger partial charge >= 0.3 is 6.18 Å². The SMILES string of the molecule is COc1ccc(COc2cc(C)nc(-c3ccc(C(F)(F)F)cc3)c2)cc1. The van der Waals surface area contributed by atoms with Gasteiger partial charge in [0, 0.05) is 23.4 Å². The average molecular weight is 373 g/mol. The Balaban J connectivity index is 1.77. The van der Waals surface area contributed by atoms with Crippen molar-refractivity contribution < 1.29 is 22.6 Å². The number of ether oxygens (including phenoxy) is 2. The summed E-state index contributed by atoms with van der Waals surface area (Å²) >= 11 is 0. The fraction of sp³-hybridized carbons (Fsp3) is 0.190. The summed E-state index contributed by atoms with van der Waals surface area (Å²) in [5.41, 5.74) is 2.17. The van der Waals surface area contributed by atoms with Crippen LogP contribution in [0.2, 0.25) is 0 Å². The van der Waals surface area contributed by atoms with E-state index in [2.05, 4.69) is 4.98 Å². The van der Waals surface area contributed by atoms with Gasteiger partial charge in [-0.25, -0.2) is 0 Å². The highest BCUT2D eigenvalue weighted by atomic mass is 19.4. The molecule has 0 atom stereocenters. The average Bonchev–Trinajstić information content (AvgIpc) is 2.66. The van der Waals surface area contributed by atoms with Gasteiger partial charge in [-0.2, -0.15) is 13.2 Å². The molecule has 1 heterocycles. The molecule has 0 radical (unpaired) electrons. The summed E-state index contributed by atoms with van der Waals surface area (Å²) in [7, 11) is 1.61. The first kappa shape index (κ1) is 18.8. The highest BCUT2D eigenvalue weighted by molar-refractivity contribution is 5.61. The number of hydrogen-bond donors (Lipinski definition) is 0. The molecule has 3 aromatic rings. The molecule has 0 bridgehead atoms. The van der Waals surface area contributed by atoms with E-state index in [0.29, 0.717) is 23.6 Å². The number of hydrogen-bond acceptors (Lipinski definition) is 3. The number of aromatic nitrogens is 1. The lowest BCUT2D eigenvalue weighted by Gasteiger charge is -2.11. The summed E-state index contributed by atoms with van der Waals surface area (Å²) in [6.45, 7) is 2.17. The normalized spacial score (nSPS) is 11.3. The maximum Gasteiger partial charge on any atom is 0.416 e. The first-order chi connectivity index (χ1) is 12.8. The van der Waals surface area contributed by atoms with E-state index >= 15 is 0 Å². The minimum Gasteiger partial charge on any atom is -0.497 e. The van der Waals surface area contributed by atoms with Gasteiger partial charge in [0.15, 0.2) is 0 Å². The van der Waals surface area contributed by atoms with Gasteiger partial charge in [-0.1, -0.05) is 24.3 Å². The summed E-state index contributed by atoms with van der Waals surface area (Å²) in [5.74, 6) is 1.37. The molecule has 0 aliphatic heterocycles. The van der Waals surface area contributed by atoms with Gasteiger partial charge in [0.2, 0.25) is 0 Å². The van der Waals surface area contributed by atoms with Gasteiger partial charge < -0.3 is 9.47 Å². The van der Waals surface area contributed by atoms with Crippen molar-refractivity contribution in [2.75, 3.05) is 7.11 Å². The van der Waals surface area contributed by atoms with Gasteiger partial charge in [-0.05, 0) is 36.8 Å². The van der Waals surface area contributed by atoms with Crippen molar-refractivity contribution in [2.24, 2.45) is 0 Å². The maximum atomic E-state index is 12.7. The number of alkyl halides is 3. The Morgan fingerprint density at radius 3 is 2.15 bits per heavy atom. The van der Waals surface area contributed by atoms with Gasteiger partial charge in [-0.15, -0.1) is 0 Å². The van der Waals surface area contributed by atoms with Crippen LogP contribution in [0.3, 0.4) is 0 Å². The number of aryl methyl sites for hydroxylation is 1. The third-order valence-electron chi connectivity index (χ3n) is 4.00. The van der Waals surface area contributed by atoms with E-state index in [9.17, 15) is 13.2 Å². The van der Waals surface area contributed by atoms with Crippen molar-refractivity contribution >= 4 is 0 Å². The zero-order chi connectivity index (χ0) is 19.4. The van der Waals surface area contributed by atoms with E-state index in [1.165, 1.54) is 12.1 Å². The first-order valence-corrected chi connectivity index (χ1v) is 8.27. The third-order valence-corrected chi connectivity index (χ3v) is 4.00. The van der Waals surface area contributed by atoms with Crippen molar-refractivity contribution in [3.05, 3.63) is 77.5 Å². The van der Waals surface area contributed by atoms with Gasteiger partial charge in [0.25, 0.3) is 0 Å². The van der Waals surface area contributed by atoms with Crippen LogP contribution in [0.1, 0.15) is 16.8 Å². The first-order valence-electron chi connectivity index (χ1n) is 8.27. The fourth-order valence-corrected chi connectivity index (χ4v) is 2.59. The largest absolute Gasteiger partial charge is 0.497 e. The van der Waals surface area contributed by atoms with Crippen LogP contribution in [0.5, 0.6) is 11.5 Å². The molecule has 1 aromatic heterocycles. The summed E-state index contributed by atoms with van der Waals surface area (Å²) in [5, 5.41) is 0. The highest BCUT2D eigenvalue weighted by Crippen LogP contribution is 2.31. The minimum absolute atomic E-state index is 0.361. The van der Waals surface area contributed by atoms with E-state index in [1.807, 2.05) is 31.2 Å². The molecule has 0 unspecified atom stereocenters. The van der Waals surface area contributed by atoms with Crippen molar-refractivity contribution in [3.63, 3.8) is 0 Å². The highest BCUT2D eigenvalue weighted by Gasteiger charge is 2.30. The van der Waals surface area contributed by atoms with Crippen molar-refractivity contribution in [3.8, 4) is 22.8 Å². The smallest absolute Gasteiger partial charge is 0.416 e. The maximum absolute atomic E-state index is 12.7. The van der Waals surface area contributed by atoms with E-state index < -0.39 is 11.7 Å². The lowest BCUT2D eigenvalue weighted by atomic mass is 10.1. The Kier molecular flexibility index (Phi) is 5.35. The number of benzene rings is 2. The molecular weight excluding hydrogens is 355 g/mol. The van der Waals surface area contributed by atoms with E-state index in [4.69, 9.17) is 9.47 Å². The van der Waals surface area contributed by atoms with Crippen LogP contribution >= 0.6 is 0 Å². The monoisotopic (exact) mass is 373 g/mol. The lowest BCUT2D eigenvalue weighted by Crippen LogP contribution is -2.04. The second-order valence-corrected chi connectivity index (χ2v) is 6.04. The molecule has 0 aliphatic rings. The number of pyridine rings is 1. The molecule has 0 fully saturated rings. The lowest BCUT2D eigenvalue weighted by molar-refractivity contribution is -0.137. The Hall–Kier alpha value is -3.02. The Morgan fingerprint density at radius 2 is 1.56 bits per heavy atom. The van der Waals surface area contributed by atoms with Gasteiger partial charge in [-0.3, -0.25) is 4.98 Å². The quantitative estimate of drug-likeness (QED) is 0.578. The summed E-state index contributed by atoms with van der Waals surface area (Å²) in [6, 6.07) is 16.0. The number of nitrogens with zero attached hydrogens (tertiary/aromatic N) is 1. The Morgan fingerprint density at radius 1 is 0.889 bits per heavy atom. The second kappa shape index (κ2) is 7.70. The molecule has 27 heavy (non-hydrogen) atoms. The number of rotatable bonds is 5. The molecule has 140 valence electrons. The molecular formula is C21H18F3NO2. The van der Waals surface area contributed by atoms with Gasteiger partial charge in [0.05, 0.1) is 18.4 Å². The van der Waals surface area contributed by atoms with Crippen molar-refractivity contribution in [1.82, 2.24) is 4.98 Å². The Bertz CT molecular complexity index is 904. The predicted molar refractivity (Wildman–Crippen MR) is 96.7 cm³/mol. The molecule has 0 saturated heterocycles. The fourth-order valence-electron chi connectivity index (χ4n) is 2.59. The molecule has 6 heteroatoms. The van der Waals surface area contributed by atoms with Crippen molar-refractivity contribution in [2.45, 2.75) is 19.7 Å². The molecule has 0 spiro atoms. The van der Waals surface area contributed by atoms with E-state index in [1.54, 1.807) is 19.2 Å². The molecule has 0 aliphatic carbocycles. The molecule has 3 rings (SSSR count). The number of methoxy groups -OCH3 is 1. The molecule has 0 N–H and O–H groups in total. The van der Waals surface area contributed by atoms with E-state index in [0.717, 1.165) is 29.1 Å². The molecule has 0 amide bonds. The summed E-state index contributed by atoms with van der Waals surface area (Å²) < 4.78 is 49.1. The Labute approximate surface area is 155 Å². The van der Waals surface area contributed by atoms with Crippen LogP contribution in [0.15, 0.2) is 60.7 Å². The van der Waals surface area contributed by atoms with Crippen LogP contribution in [-0.2, 0) is 12.8 Å². The molecule has 0 saturated carbocycles. The van der Waals surface area contributed by atoms with Crippen LogP contribution < -0.4 is 9.47 Å². The zero-order valence-corrected chi connectivity index (χ0v) is 14.9. The molecule has 2 aromatic carbocycles. The standard InChI is InChI=1S/C21H18F3NO2/c1-14-11-19(27-13-15-3-9-18(26-2)10-4-15)12-20(25-14)16-5-7-17(8-6-16)21(22,23)24/h3-12H,13H2,1-2H3. The third kappa shape index (κ3) is 4.78. The zero-order valence-electron chi connectivity index (χ0n) is 14.9. The predicted octanol–water partition coefficient (Wildman–Crippen LogP) is 5.66. The molecule has 3 nitrogen and oxygen atoms in total. The topological polar surface area (TPSA) is 31.4 Å². The minimum atomic E-state index is -4.36. The summed E-state index contributed by atoms with van der Waals surface area (Å²) in [4.78, 5) is 4.40. The van der Waals surface area contributed by atoms with Crippen LogP contribution in [0.25, 0.3) is 11.3 Å². The van der Waals surface area contributed by atoms with Gasteiger partial charge in [0.1, 0.15) is 18.1 Å². The number of halogens is 3. The summed E-state index contributed by atoms with van der Waals surface area (Å²) in [6.07, 6.45) is -4.36. The van der Waals surface area contributed by atoms with Crippen LogP contribution in [0, 0.1) is 6.92 Å². The van der Waals surface area contributed by atoms with Crippen LogP contribution in [0.4, 0.5) is 13.2 Å². The van der Waals surface area contributed by atoms with Crippen molar-refractivity contribution in [1.29, 1.82) is 0 Å². The van der Waals surface area contributed by atoms with E-state index in [-0.39, 0.29) is 0 Å².